The minimum absolute atomic E-state index is 0.0124. The van der Waals surface area contributed by atoms with Crippen molar-refractivity contribution in [1.82, 2.24) is 31.9 Å². The number of unbranched alkanes of at least 4 members (excludes halogenated alkanes) is 1. The number of nitrogens with two attached hydrogens (primary N) is 5. The summed E-state index contributed by atoms with van der Waals surface area (Å²) in [5.74, 6) is -8.27. The predicted octanol–water partition coefficient (Wildman–Crippen LogP) is 0.342. The first kappa shape index (κ1) is 69.6. The van der Waals surface area contributed by atoms with Crippen molar-refractivity contribution in [2.45, 2.75) is 82.0 Å². The van der Waals surface area contributed by atoms with Gasteiger partial charge in [-0.2, -0.15) is 0 Å². The highest BCUT2D eigenvalue weighted by Gasteiger charge is 2.29. The number of carbonyl (C=O) groups excluding carboxylic acids is 8. The normalized spacial score (nSPS) is 11.9. The number of nitrogens with one attached hydrogen (secondary N) is 13. The van der Waals surface area contributed by atoms with E-state index in [1.54, 1.807) is 0 Å². The fourth-order valence-corrected chi connectivity index (χ4v) is 8.48. The van der Waals surface area contributed by atoms with E-state index >= 15 is 0 Å². The zero-order valence-electron chi connectivity index (χ0n) is 48.9. The van der Waals surface area contributed by atoms with Crippen molar-refractivity contribution in [3.05, 3.63) is 95.1 Å². The molecule has 32 heteroatoms. The van der Waals surface area contributed by atoms with Crippen LogP contribution in [0.4, 0.5) is 22.7 Å². The van der Waals surface area contributed by atoms with Crippen LogP contribution in [-0.2, 0) is 24.0 Å². The number of rotatable bonds is 35. The van der Waals surface area contributed by atoms with E-state index in [9.17, 15) is 48.3 Å². The molecule has 4 rings (SSSR count). The number of hydrogen-bond acceptors (Lipinski definition) is 17. The van der Waals surface area contributed by atoms with Crippen LogP contribution in [-0.4, -0.2) is 148 Å². The quantitative estimate of drug-likeness (QED) is 0.0168. The Morgan fingerprint density at radius 2 is 0.739 bits per heavy atom. The number of aliphatic carboxylic acids is 1. The lowest BCUT2D eigenvalue weighted by Gasteiger charge is -2.22. The van der Waals surface area contributed by atoms with Gasteiger partial charge in [-0.25, -0.2) is 0 Å². The highest BCUT2D eigenvalue weighted by atomic mass is 16.5. The van der Waals surface area contributed by atoms with Gasteiger partial charge in [0.05, 0.1) is 56.7 Å². The van der Waals surface area contributed by atoms with Crippen molar-refractivity contribution in [1.29, 1.82) is 16.2 Å². The summed E-state index contributed by atoms with van der Waals surface area (Å²) in [6, 6.07) is 11.3. The van der Waals surface area contributed by atoms with E-state index in [1.807, 2.05) is 0 Å². The maximum atomic E-state index is 14.3. The molecular weight excluding hydrogens is 1150 g/mol. The molecule has 4 aromatic carbocycles. The van der Waals surface area contributed by atoms with Crippen LogP contribution in [0.1, 0.15) is 99.2 Å². The first-order chi connectivity index (χ1) is 41.9. The monoisotopic (exact) mass is 1220 g/mol. The Labute approximate surface area is 505 Å². The van der Waals surface area contributed by atoms with Gasteiger partial charge in [0.2, 0.25) is 23.6 Å². The van der Waals surface area contributed by atoms with Gasteiger partial charge in [-0.15, -0.1) is 0 Å². The summed E-state index contributed by atoms with van der Waals surface area (Å²) in [6.45, 7) is 0.705. The Hall–Kier alpha value is -10.9. The molecule has 32 nitrogen and oxygen atoms in total. The van der Waals surface area contributed by atoms with Crippen LogP contribution >= 0.6 is 0 Å². The predicted molar refractivity (Wildman–Crippen MR) is 326 cm³/mol. The third-order valence-electron chi connectivity index (χ3n) is 12.9. The number of anilines is 4. The maximum absolute atomic E-state index is 14.3. The minimum atomic E-state index is -1.51. The van der Waals surface area contributed by atoms with Crippen LogP contribution in [0.5, 0.6) is 23.0 Å². The van der Waals surface area contributed by atoms with Crippen molar-refractivity contribution >= 4 is 93.9 Å². The van der Waals surface area contributed by atoms with Crippen molar-refractivity contribution in [3.63, 3.8) is 0 Å². The molecule has 0 aliphatic carbocycles. The van der Waals surface area contributed by atoms with Crippen molar-refractivity contribution in [3.8, 4) is 23.0 Å². The molecule has 0 aliphatic rings. The molecule has 88 heavy (non-hydrogen) atoms. The standard InChI is InChI=1S/C56H76N18O14/c1-85-41-17-12-29(25-33(41)46(58)77)69-51(82)38(10-5-6-22-65-54(59)60)72-47(78)35-27-31(14-19-43(35)87-3)70-52(83)39(11-8-24-67-56(63)64)73-48(79)36-28-32(15-20-44(36)88-4)71-53(84)40(16-21-45(75)76)74-49(80)34-26-30(13-18-42(34)86-2)68-50(81)37(57)9-7-23-66-55(61)62/h12-15,17-20,25-28,37-40H,5-11,16,21-24,57H2,1-4H3,(H2,58,77)(H,68,81)(H,69,82)(H,70,83)(H,71,84)(H,72,78)(H,73,79)(H,74,80)(H,75,76)(H4,59,60,65)(H4,61,62,66)(H4,63,64,67)/t37-,38-,39-,40-/m0/s1. The number of benzene rings is 4. The highest BCUT2D eigenvalue weighted by molar-refractivity contribution is 6.08. The summed E-state index contributed by atoms with van der Waals surface area (Å²) in [5, 5.41) is 58.3. The van der Waals surface area contributed by atoms with Crippen LogP contribution in [0.25, 0.3) is 0 Å². The Balaban J connectivity index is 1.58. The van der Waals surface area contributed by atoms with Crippen LogP contribution in [0.15, 0.2) is 72.8 Å². The number of amides is 8. The molecule has 0 radical (unpaired) electrons. The van der Waals surface area contributed by atoms with E-state index in [0.29, 0.717) is 32.4 Å². The molecule has 0 aliphatic heterocycles. The fraction of sp³-hybridized carbons (Fsp3) is 0.357. The van der Waals surface area contributed by atoms with Gasteiger partial charge >= 0.3 is 5.97 Å². The van der Waals surface area contributed by atoms with Gasteiger partial charge in [0, 0.05) is 48.8 Å². The summed E-state index contributed by atoms with van der Waals surface area (Å²) in [6.07, 6.45) is 0.639. The molecule has 0 fully saturated rings. The van der Waals surface area contributed by atoms with Gasteiger partial charge in [0.15, 0.2) is 17.9 Å². The highest BCUT2D eigenvalue weighted by Crippen LogP contribution is 2.28. The van der Waals surface area contributed by atoms with E-state index < -0.39 is 90.2 Å². The third kappa shape index (κ3) is 22.3. The zero-order valence-corrected chi connectivity index (χ0v) is 48.9. The number of hydrogen-bond donors (Lipinski definition) is 19. The second-order valence-corrected chi connectivity index (χ2v) is 19.4. The van der Waals surface area contributed by atoms with Gasteiger partial charge in [-0.3, -0.25) is 59.4 Å². The maximum Gasteiger partial charge on any atom is 0.303 e. The van der Waals surface area contributed by atoms with Gasteiger partial charge in [-0.1, -0.05) is 0 Å². The van der Waals surface area contributed by atoms with Crippen molar-refractivity contribution in [2.75, 3.05) is 69.3 Å². The molecule has 0 unspecified atom stereocenters. The molecule has 0 spiro atoms. The van der Waals surface area contributed by atoms with Crippen LogP contribution in [0.3, 0.4) is 0 Å². The summed E-state index contributed by atoms with van der Waals surface area (Å²) in [5.41, 5.74) is 27.6. The largest absolute Gasteiger partial charge is 0.496 e. The number of primary amides is 1. The molecule has 0 bridgehead atoms. The Kier molecular flexibility index (Phi) is 27.5. The van der Waals surface area contributed by atoms with E-state index in [2.05, 4.69) is 53.2 Å². The summed E-state index contributed by atoms with van der Waals surface area (Å²) >= 11 is 0. The lowest BCUT2D eigenvalue weighted by molar-refractivity contribution is -0.137. The smallest absolute Gasteiger partial charge is 0.303 e. The average Bonchev–Trinajstić information content (AvgIpc) is 2.98. The number of carboxylic acid groups (broad SMARTS) is 1. The molecule has 0 heterocycles. The number of ether oxygens (including phenoxy) is 4. The Bertz CT molecular complexity index is 3220. The fourth-order valence-electron chi connectivity index (χ4n) is 8.48. The van der Waals surface area contributed by atoms with Crippen molar-refractivity contribution in [2.24, 2.45) is 28.7 Å². The molecule has 0 aromatic heterocycles. The lowest BCUT2D eigenvalue weighted by Crippen LogP contribution is -2.45. The van der Waals surface area contributed by atoms with E-state index in [0.717, 1.165) is 0 Å². The molecule has 24 N–H and O–H groups in total. The van der Waals surface area contributed by atoms with Crippen LogP contribution < -0.4 is 101 Å². The summed E-state index contributed by atoms with van der Waals surface area (Å²) in [7, 11) is 5.19. The first-order valence-corrected chi connectivity index (χ1v) is 27.3. The second kappa shape index (κ2) is 34.8. The number of methoxy groups -OCH3 is 4. The van der Waals surface area contributed by atoms with E-state index in [-0.39, 0.29) is 118 Å². The zero-order chi connectivity index (χ0) is 65.0. The lowest BCUT2D eigenvalue weighted by atomic mass is 10.1. The Morgan fingerprint density at radius 3 is 1.08 bits per heavy atom. The topological polar surface area (TPSA) is 533 Å². The van der Waals surface area contributed by atoms with E-state index in [4.69, 9.17) is 63.8 Å². The second-order valence-electron chi connectivity index (χ2n) is 19.4. The van der Waals surface area contributed by atoms with Gasteiger partial charge < -0.3 is 106 Å². The van der Waals surface area contributed by atoms with Gasteiger partial charge in [0.25, 0.3) is 23.6 Å². The number of carbonyl (C=O) groups is 9. The molecule has 8 amide bonds. The molecule has 4 atom stereocenters. The number of guanidine groups is 3. The van der Waals surface area contributed by atoms with Gasteiger partial charge in [0.1, 0.15) is 41.1 Å². The van der Waals surface area contributed by atoms with E-state index in [1.165, 1.54) is 101 Å². The first-order valence-electron chi connectivity index (χ1n) is 27.3. The molecule has 4 aromatic rings. The minimum Gasteiger partial charge on any atom is -0.496 e. The molecule has 0 saturated carbocycles. The average molecular weight is 1230 g/mol. The molecule has 0 saturated heterocycles. The van der Waals surface area contributed by atoms with Crippen LogP contribution in [0, 0.1) is 16.2 Å². The summed E-state index contributed by atoms with van der Waals surface area (Å²) < 4.78 is 21.5. The molecule has 474 valence electrons. The SMILES string of the molecule is COc1ccc(NC(=O)[C@H](CCCCNC(=N)N)NC(=O)c2cc(NC(=O)[C@H](CCCNC(=N)N)NC(=O)c3cc(NC(=O)[C@H](CCC(=O)O)NC(=O)c4cc(NC(=O)[C@@H](N)CCCNC(=N)N)ccc4OC)ccc3OC)ccc2OC)cc1C(N)=O. The van der Waals surface area contributed by atoms with Crippen LogP contribution in [0.2, 0.25) is 0 Å². The third-order valence-corrected chi connectivity index (χ3v) is 12.9. The Morgan fingerprint density at radius 1 is 0.432 bits per heavy atom. The number of carboxylic acids is 1. The molecular formula is C56H76N18O14. The van der Waals surface area contributed by atoms with Crippen molar-refractivity contribution < 1.29 is 67.2 Å². The van der Waals surface area contributed by atoms with Gasteiger partial charge in [-0.05, 0) is 124 Å². The summed E-state index contributed by atoms with van der Waals surface area (Å²) in [4.78, 5) is 121.